The molecule has 1 unspecified atom stereocenters. The lowest BCUT2D eigenvalue weighted by atomic mass is 9.97. The molecule has 0 aromatic heterocycles. The van der Waals surface area contributed by atoms with Gasteiger partial charge in [-0.3, -0.25) is 0 Å². The lowest BCUT2D eigenvalue weighted by Crippen LogP contribution is -2.27. The van der Waals surface area contributed by atoms with Gasteiger partial charge in [-0.25, -0.2) is 4.79 Å². The van der Waals surface area contributed by atoms with Crippen molar-refractivity contribution in [1.82, 2.24) is 0 Å². The number of esters is 1. The van der Waals surface area contributed by atoms with E-state index in [1.807, 2.05) is 30.3 Å². The van der Waals surface area contributed by atoms with Crippen LogP contribution in [0.4, 0.5) is 0 Å². The molecule has 4 nitrogen and oxygen atoms in total. The third kappa shape index (κ3) is 4.66. The van der Waals surface area contributed by atoms with Gasteiger partial charge in [-0.15, -0.1) is 0 Å². The molecule has 3 aromatic carbocycles. The van der Waals surface area contributed by atoms with Gasteiger partial charge in [0.25, 0.3) is 0 Å². The topological polar surface area (TPSA) is 44.8 Å². The van der Waals surface area contributed by atoms with Gasteiger partial charge in [0.15, 0.2) is 0 Å². The van der Waals surface area contributed by atoms with E-state index in [1.165, 1.54) is 0 Å². The first-order chi connectivity index (χ1) is 13.1. The zero-order valence-corrected chi connectivity index (χ0v) is 15.9. The molecule has 0 radical (unpaired) electrons. The van der Waals surface area contributed by atoms with E-state index < -0.39 is 12.1 Å². The van der Waals surface area contributed by atoms with E-state index in [4.69, 9.17) is 25.8 Å². The molecule has 0 fully saturated rings. The Morgan fingerprint density at radius 2 is 1.89 bits per heavy atom. The number of carbonyl (C=O) groups is 1. The summed E-state index contributed by atoms with van der Waals surface area (Å²) in [4.78, 5) is 11.5. The molecular formula is C22H21ClO4. The van der Waals surface area contributed by atoms with Crippen LogP contribution in [0.3, 0.4) is 0 Å². The number of ether oxygens (including phenoxy) is 3. The van der Waals surface area contributed by atoms with Crippen LogP contribution < -0.4 is 0 Å². The van der Waals surface area contributed by atoms with E-state index in [0.717, 1.165) is 33.2 Å². The Hall–Kier alpha value is -2.40. The number of rotatable bonds is 8. The number of hydrogen-bond acceptors (Lipinski definition) is 4. The molecule has 5 heteroatoms. The van der Waals surface area contributed by atoms with Crippen LogP contribution >= 0.6 is 11.6 Å². The van der Waals surface area contributed by atoms with Crippen LogP contribution in [0.15, 0.2) is 61.2 Å². The minimum Gasteiger partial charge on any atom is -0.454 e. The third-order valence-electron chi connectivity index (χ3n) is 4.29. The van der Waals surface area contributed by atoms with Crippen molar-refractivity contribution < 1.29 is 19.0 Å². The number of fused-ring (bicyclic) bond motifs is 2. The molecule has 0 saturated heterocycles. The van der Waals surface area contributed by atoms with Gasteiger partial charge in [-0.05, 0) is 45.3 Å². The molecule has 0 aliphatic carbocycles. The molecule has 0 N–H and O–H groups in total. The summed E-state index contributed by atoms with van der Waals surface area (Å²) in [6.45, 7) is 4.25. The first-order valence-electron chi connectivity index (χ1n) is 8.62. The zero-order valence-electron chi connectivity index (χ0n) is 15.1. The van der Waals surface area contributed by atoms with E-state index >= 15 is 0 Å². The fraction of sp³-hybridized carbons (Fsp3) is 0.227. The van der Waals surface area contributed by atoms with Crippen LogP contribution in [0.2, 0.25) is 5.02 Å². The second kappa shape index (κ2) is 9.00. The highest BCUT2D eigenvalue weighted by molar-refractivity contribution is 6.31. The molecule has 0 aliphatic heterocycles. The molecule has 27 heavy (non-hydrogen) atoms. The molecule has 0 bridgehead atoms. The Bertz CT molecular complexity index is 967. The van der Waals surface area contributed by atoms with Crippen LogP contribution in [0, 0.1) is 0 Å². The van der Waals surface area contributed by atoms with Crippen molar-refractivity contribution in [1.29, 1.82) is 0 Å². The number of hydrogen-bond donors (Lipinski definition) is 0. The smallest absolute Gasteiger partial charge is 0.330 e. The third-order valence-corrected chi connectivity index (χ3v) is 4.52. The standard InChI is InChI=1S/C22H21ClO4/c1-3-22(24)27-18(12-25-2)13-26-14-21-19-7-5-4-6-15(19)10-16-8-9-17(23)11-20(16)21/h3-11,18H,1,12-14H2,2H3. The van der Waals surface area contributed by atoms with Crippen molar-refractivity contribution in [2.75, 3.05) is 20.3 Å². The van der Waals surface area contributed by atoms with Crippen molar-refractivity contribution in [3.8, 4) is 0 Å². The molecule has 0 saturated carbocycles. The predicted molar refractivity (Wildman–Crippen MR) is 108 cm³/mol. The minimum atomic E-state index is -0.497. The molecule has 140 valence electrons. The maximum Gasteiger partial charge on any atom is 0.330 e. The molecule has 0 spiro atoms. The van der Waals surface area contributed by atoms with Crippen molar-refractivity contribution in [3.05, 3.63) is 71.8 Å². The van der Waals surface area contributed by atoms with Gasteiger partial charge in [0.1, 0.15) is 6.10 Å². The molecule has 3 aromatic rings. The van der Waals surface area contributed by atoms with Crippen LogP contribution in [0.1, 0.15) is 5.56 Å². The second-order valence-corrected chi connectivity index (χ2v) is 6.61. The lowest BCUT2D eigenvalue weighted by Gasteiger charge is -2.17. The first-order valence-corrected chi connectivity index (χ1v) is 8.99. The fourth-order valence-corrected chi connectivity index (χ4v) is 3.26. The van der Waals surface area contributed by atoms with Crippen LogP contribution in [-0.4, -0.2) is 32.4 Å². The van der Waals surface area contributed by atoms with E-state index in [-0.39, 0.29) is 13.2 Å². The van der Waals surface area contributed by atoms with Crippen molar-refractivity contribution in [2.45, 2.75) is 12.7 Å². The van der Waals surface area contributed by atoms with Gasteiger partial charge in [-0.1, -0.05) is 48.5 Å². The molecule has 0 aliphatic rings. The normalized spacial score (nSPS) is 12.2. The van der Waals surface area contributed by atoms with Crippen molar-refractivity contribution in [2.24, 2.45) is 0 Å². The summed E-state index contributed by atoms with van der Waals surface area (Å²) in [6.07, 6.45) is 0.633. The van der Waals surface area contributed by atoms with Crippen molar-refractivity contribution >= 4 is 39.1 Å². The maximum absolute atomic E-state index is 11.5. The molecular weight excluding hydrogens is 364 g/mol. The van der Waals surface area contributed by atoms with E-state index in [1.54, 1.807) is 7.11 Å². The fourth-order valence-electron chi connectivity index (χ4n) is 3.09. The van der Waals surface area contributed by atoms with Crippen LogP contribution in [0.25, 0.3) is 21.5 Å². The van der Waals surface area contributed by atoms with E-state index in [9.17, 15) is 4.79 Å². The van der Waals surface area contributed by atoms with E-state index in [2.05, 4.69) is 24.8 Å². The highest BCUT2D eigenvalue weighted by atomic mass is 35.5. The summed E-state index contributed by atoms with van der Waals surface area (Å²) < 4.78 is 16.2. The minimum absolute atomic E-state index is 0.221. The number of methoxy groups -OCH3 is 1. The van der Waals surface area contributed by atoms with Gasteiger partial charge in [0.2, 0.25) is 0 Å². The van der Waals surface area contributed by atoms with E-state index in [0.29, 0.717) is 11.6 Å². The quantitative estimate of drug-likeness (QED) is 0.314. The average Bonchev–Trinajstić information content (AvgIpc) is 2.67. The van der Waals surface area contributed by atoms with Gasteiger partial charge < -0.3 is 14.2 Å². The Balaban J connectivity index is 1.87. The number of benzene rings is 3. The summed E-state index contributed by atoms with van der Waals surface area (Å²) in [5.41, 5.74) is 1.05. The number of halogens is 1. The molecule has 0 amide bonds. The number of carbonyl (C=O) groups excluding carboxylic acids is 1. The predicted octanol–water partition coefficient (Wildman–Crippen LogP) is 4.91. The van der Waals surface area contributed by atoms with Gasteiger partial charge in [0.05, 0.1) is 19.8 Å². The lowest BCUT2D eigenvalue weighted by molar-refractivity contribution is -0.149. The Labute approximate surface area is 163 Å². The zero-order chi connectivity index (χ0) is 19.2. The first kappa shape index (κ1) is 19.4. The van der Waals surface area contributed by atoms with Crippen LogP contribution in [0.5, 0.6) is 0 Å². The highest BCUT2D eigenvalue weighted by Crippen LogP contribution is 2.31. The molecule has 3 rings (SSSR count). The Morgan fingerprint density at radius 1 is 1.11 bits per heavy atom. The van der Waals surface area contributed by atoms with Gasteiger partial charge in [0, 0.05) is 18.2 Å². The van der Waals surface area contributed by atoms with Gasteiger partial charge >= 0.3 is 5.97 Å². The molecule has 1 atom stereocenters. The highest BCUT2D eigenvalue weighted by Gasteiger charge is 2.14. The Morgan fingerprint density at radius 3 is 2.67 bits per heavy atom. The largest absolute Gasteiger partial charge is 0.454 e. The maximum atomic E-state index is 11.5. The Kier molecular flexibility index (Phi) is 6.45. The van der Waals surface area contributed by atoms with Gasteiger partial charge in [-0.2, -0.15) is 0 Å². The second-order valence-electron chi connectivity index (χ2n) is 6.18. The summed E-state index contributed by atoms with van der Waals surface area (Å²) >= 11 is 6.22. The summed E-state index contributed by atoms with van der Waals surface area (Å²) in [5, 5.41) is 5.07. The summed E-state index contributed by atoms with van der Waals surface area (Å²) in [7, 11) is 1.55. The van der Waals surface area contributed by atoms with Crippen molar-refractivity contribution in [3.63, 3.8) is 0 Å². The van der Waals surface area contributed by atoms with Crippen LogP contribution in [-0.2, 0) is 25.6 Å². The summed E-state index contributed by atoms with van der Waals surface area (Å²) in [5.74, 6) is -0.497. The summed E-state index contributed by atoms with van der Waals surface area (Å²) in [6, 6.07) is 16.1. The molecule has 0 heterocycles. The SMILES string of the molecule is C=CC(=O)OC(COC)COCc1c2ccccc2cc2ccc(Cl)cc12. The average molecular weight is 385 g/mol. The monoisotopic (exact) mass is 384 g/mol.